The number of carbonyl (C=O) groups is 1. The van der Waals surface area contributed by atoms with Gasteiger partial charge in [0.05, 0.1) is 0 Å². The van der Waals surface area contributed by atoms with E-state index in [2.05, 4.69) is 32.5 Å². The molecule has 0 spiro atoms. The molecule has 1 N–H and O–H groups in total. The first kappa shape index (κ1) is 21.2. The number of piperazine rings is 1. The molecule has 1 aliphatic heterocycles. The Morgan fingerprint density at radius 3 is 2.45 bits per heavy atom. The smallest absolute Gasteiger partial charge is 0.321 e. The monoisotopic (exact) mass is 439 g/mol. The fourth-order valence-corrected chi connectivity index (χ4v) is 3.69. The maximum atomic E-state index is 12.7. The normalized spacial score (nSPS) is 14.2. The molecule has 7 nitrogen and oxygen atoms in total. The summed E-state index contributed by atoms with van der Waals surface area (Å²) in [7, 11) is 0. The summed E-state index contributed by atoms with van der Waals surface area (Å²) in [5.41, 5.74) is 3.66. The van der Waals surface area contributed by atoms with Gasteiger partial charge in [-0.15, -0.1) is 0 Å². The second kappa shape index (κ2) is 8.98. The zero-order valence-electron chi connectivity index (χ0n) is 17.9. The van der Waals surface area contributed by atoms with Crippen molar-refractivity contribution < 1.29 is 9.32 Å². The molecule has 3 aromatic rings. The van der Waals surface area contributed by atoms with E-state index in [9.17, 15) is 4.79 Å². The van der Waals surface area contributed by atoms with E-state index < -0.39 is 0 Å². The van der Waals surface area contributed by atoms with Gasteiger partial charge in [-0.2, -0.15) is 4.98 Å². The average molecular weight is 440 g/mol. The summed E-state index contributed by atoms with van der Waals surface area (Å²) < 4.78 is 5.30. The van der Waals surface area contributed by atoms with Gasteiger partial charge in [-0.3, -0.25) is 0 Å². The number of anilines is 2. The number of rotatable bonds is 4. The minimum absolute atomic E-state index is 0.0987. The number of benzene rings is 2. The van der Waals surface area contributed by atoms with Crippen molar-refractivity contribution in [2.45, 2.75) is 26.7 Å². The third kappa shape index (κ3) is 4.66. The van der Waals surface area contributed by atoms with E-state index in [1.807, 2.05) is 56.0 Å². The third-order valence-electron chi connectivity index (χ3n) is 5.50. The average Bonchev–Trinajstić information content (AvgIpc) is 3.28. The minimum atomic E-state index is -0.0987. The van der Waals surface area contributed by atoms with E-state index >= 15 is 0 Å². The van der Waals surface area contributed by atoms with Crippen LogP contribution in [0, 0.1) is 6.92 Å². The maximum Gasteiger partial charge on any atom is 0.321 e. The number of hydrogen-bond acceptors (Lipinski definition) is 5. The van der Waals surface area contributed by atoms with Crippen LogP contribution in [-0.2, 0) is 0 Å². The predicted molar refractivity (Wildman–Crippen MR) is 123 cm³/mol. The zero-order chi connectivity index (χ0) is 22.0. The summed E-state index contributed by atoms with van der Waals surface area (Å²) in [5.74, 6) is 1.45. The van der Waals surface area contributed by atoms with Crippen molar-refractivity contribution in [3.05, 3.63) is 58.9 Å². The first-order chi connectivity index (χ1) is 14.9. The molecule has 8 heteroatoms. The Morgan fingerprint density at radius 1 is 1.10 bits per heavy atom. The van der Waals surface area contributed by atoms with Gasteiger partial charge in [0, 0.05) is 54.1 Å². The number of nitrogens with zero attached hydrogens (tertiary/aromatic N) is 4. The van der Waals surface area contributed by atoms with E-state index in [4.69, 9.17) is 16.1 Å². The highest BCUT2D eigenvalue weighted by Gasteiger charge is 2.22. The molecular formula is C23H26ClN5O2. The van der Waals surface area contributed by atoms with Crippen LogP contribution in [-0.4, -0.2) is 47.3 Å². The standard InChI is InChI=1S/C23H26ClN5O2/c1-15(2)22-26-21(27-31-22)17-7-9-18(10-8-17)28-11-13-29(14-12-28)23(30)25-20-6-4-5-19(24)16(20)3/h4-10,15H,11-14H2,1-3H3,(H,25,30). The number of halogens is 1. The van der Waals surface area contributed by atoms with Gasteiger partial charge in [0.15, 0.2) is 0 Å². The van der Waals surface area contributed by atoms with Crippen LogP contribution in [0.5, 0.6) is 0 Å². The largest absolute Gasteiger partial charge is 0.368 e. The van der Waals surface area contributed by atoms with Crippen molar-refractivity contribution in [2.75, 3.05) is 36.4 Å². The molecule has 0 unspecified atom stereocenters. The lowest BCUT2D eigenvalue weighted by Crippen LogP contribution is -2.50. The van der Waals surface area contributed by atoms with Crippen molar-refractivity contribution in [3.8, 4) is 11.4 Å². The highest BCUT2D eigenvalue weighted by atomic mass is 35.5. The van der Waals surface area contributed by atoms with Crippen molar-refractivity contribution >= 4 is 29.0 Å². The first-order valence-electron chi connectivity index (χ1n) is 10.4. The SMILES string of the molecule is Cc1c(Cl)cccc1NC(=O)N1CCN(c2ccc(-c3noc(C(C)C)n3)cc2)CC1. The molecule has 0 bridgehead atoms. The van der Waals surface area contributed by atoms with E-state index in [0.717, 1.165) is 35.6 Å². The molecule has 1 aliphatic rings. The number of nitrogens with one attached hydrogen (secondary N) is 1. The van der Waals surface area contributed by atoms with Gasteiger partial charge >= 0.3 is 6.03 Å². The summed E-state index contributed by atoms with van der Waals surface area (Å²) in [4.78, 5) is 21.2. The number of carbonyl (C=O) groups excluding carboxylic acids is 1. The fourth-order valence-electron chi connectivity index (χ4n) is 3.51. The van der Waals surface area contributed by atoms with Gasteiger partial charge in [0.1, 0.15) is 0 Å². The molecule has 1 aromatic heterocycles. The van der Waals surface area contributed by atoms with E-state index in [1.54, 1.807) is 0 Å². The van der Waals surface area contributed by atoms with Crippen LogP contribution in [0.1, 0.15) is 31.2 Å². The van der Waals surface area contributed by atoms with Gasteiger partial charge in [0.2, 0.25) is 11.7 Å². The molecule has 0 atom stereocenters. The van der Waals surface area contributed by atoms with Crippen LogP contribution >= 0.6 is 11.6 Å². The van der Waals surface area contributed by atoms with Crippen LogP contribution < -0.4 is 10.2 Å². The molecule has 1 saturated heterocycles. The van der Waals surface area contributed by atoms with Crippen LogP contribution in [0.15, 0.2) is 47.0 Å². The van der Waals surface area contributed by atoms with Crippen LogP contribution in [0.4, 0.5) is 16.2 Å². The predicted octanol–water partition coefficient (Wildman–Crippen LogP) is 5.18. The Morgan fingerprint density at radius 2 is 1.81 bits per heavy atom. The second-order valence-corrected chi connectivity index (χ2v) is 8.38. The minimum Gasteiger partial charge on any atom is -0.368 e. The van der Waals surface area contributed by atoms with E-state index in [0.29, 0.717) is 29.8 Å². The van der Waals surface area contributed by atoms with Gasteiger partial charge < -0.3 is 19.6 Å². The molecule has 31 heavy (non-hydrogen) atoms. The molecule has 1 fully saturated rings. The van der Waals surface area contributed by atoms with Crippen LogP contribution in [0.2, 0.25) is 5.02 Å². The number of urea groups is 1. The van der Waals surface area contributed by atoms with Gasteiger partial charge in [-0.25, -0.2) is 4.79 Å². The van der Waals surface area contributed by atoms with Crippen molar-refractivity contribution in [2.24, 2.45) is 0 Å². The van der Waals surface area contributed by atoms with Crippen LogP contribution in [0.25, 0.3) is 11.4 Å². The van der Waals surface area contributed by atoms with Crippen molar-refractivity contribution in [1.82, 2.24) is 15.0 Å². The fraction of sp³-hybridized carbons (Fsp3) is 0.348. The lowest BCUT2D eigenvalue weighted by molar-refractivity contribution is 0.208. The molecule has 2 heterocycles. The molecule has 2 aromatic carbocycles. The third-order valence-corrected chi connectivity index (χ3v) is 5.91. The Kier molecular flexibility index (Phi) is 6.13. The molecule has 162 valence electrons. The Hall–Kier alpha value is -3.06. The second-order valence-electron chi connectivity index (χ2n) is 7.97. The summed E-state index contributed by atoms with van der Waals surface area (Å²) in [6, 6.07) is 13.6. The number of amides is 2. The molecule has 2 amide bonds. The quantitative estimate of drug-likeness (QED) is 0.606. The molecule has 0 aliphatic carbocycles. The van der Waals surface area contributed by atoms with E-state index in [1.165, 1.54) is 0 Å². The summed E-state index contributed by atoms with van der Waals surface area (Å²) in [6.07, 6.45) is 0. The Labute approximate surface area is 187 Å². The van der Waals surface area contributed by atoms with Gasteiger partial charge in [-0.05, 0) is 48.9 Å². The van der Waals surface area contributed by atoms with Gasteiger partial charge in [0.25, 0.3) is 0 Å². The maximum absolute atomic E-state index is 12.7. The molecule has 0 saturated carbocycles. The van der Waals surface area contributed by atoms with Crippen molar-refractivity contribution in [1.29, 1.82) is 0 Å². The summed E-state index contributed by atoms with van der Waals surface area (Å²) in [5, 5.41) is 7.68. The summed E-state index contributed by atoms with van der Waals surface area (Å²) in [6.45, 7) is 8.78. The Balaban J connectivity index is 1.35. The van der Waals surface area contributed by atoms with Gasteiger partial charge in [-0.1, -0.05) is 36.7 Å². The molecule has 4 rings (SSSR count). The summed E-state index contributed by atoms with van der Waals surface area (Å²) >= 11 is 6.15. The number of hydrogen-bond donors (Lipinski definition) is 1. The number of aromatic nitrogens is 2. The zero-order valence-corrected chi connectivity index (χ0v) is 18.7. The first-order valence-corrected chi connectivity index (χ1v) is 10.8. The highest BCUT2D eigenvalue weighted by molar-refractivity contribution is 6.31. The van der Waals surface area contributed by atoms with E-state index in [-0.39, 0.29) is 11.9 Å². The topological polar surface area (TPSA) is 74.5 Å². The highest BCUT2D eigenvalue weighted by Crippen LogP contribution is 2.25. The lowest BCUT2D eigenvalue weighted by Gasteiger charge is -2.36. The van der Waals surface area contributed by atoms with Crippen LogP contribution in [0.3, 0.4) is 0 Å². The lowest BCUT2D eigenvalue weighted by atomic mass is 10.1. The molecule has 0 radical (unpaired) electrons. The van der Waals surface area contributed by atoms with Crippen molar-refractivity contribution in [3.63, 3.8) is 0 Å². The molecular weight excluding hydrogens is 414 g/mol. The Bertz CT molecular complexity index is 1060.